The van der Waals surface area contributed by atoms with Gasteiger partial charge in [0.25, 0.3) is 0 Å². The van der Waals surface area contributed by atoms with E-state index in [2.05, 4.69) is 5.32 Å². The Labute approximate surface area is 107 Å². The summed E-state index contributed by atoms with van der Waals surface area (Å²) in [5.74, 6) is -0.0145. The lowest BCUT2D eigenvalue weighted by molar-refractivity contribution is -0.122. The van der Waals surface area contributed by atoms with Gasteiger partial charge in [-0.05, 0) is 18.9 Å². The second-order valence-corrected chi connectivity index (χ2v) is 4.83. The molecule has 1 fully saturated rings. The van der Waals surface area contributed by atoms with E-state index < -0.39 is 6.10 Å². The fourth-order valence-corrected chi connectivity index (χ4v) is 2.37. The molecule has 0 spiro atoms. The Hall–Kier alpha value is -1.55. The molecule has 3 N–H and O–H groups in total. The molecule has 1 aliphatic carbocycles. The number of amides is 1. The third-order valence-corrected chi connectivity index (χ3v) is 3.42. The number of phenolic OH excluding ortho intramolecular Hbond substituents is 1. The average molecular weight is 249 g/mol. The predicted molar refractivity (Wildman–Crippen MR) is 68.2 cm³/mol. The van der Waals surface area contributed by atoms with Gasteiger partial charge in [-0.1, -0.05) is 31.0 Å². The van der Waals surface area contributed by atoms with Crippen molar-refractivity contribution < 1.29 is 15.0 Å². The van der Waals surface area contributed by atoms with Gasteiger partial charge in [-0.15, -0.1) is 0 Å². The second kappa shape index (κ2) is 5.87. The molecule has 0 aliphatic heterocycles. The number of carbonyl (C=O) groups is 1. The number of benzene rings is 1. The largest absolute Gasteiger partial charge is 0.508 e. The number of hydrogen-bond donors (Lipinski definition) is 3. The number of phenols is 1. The van der Waals surface area contributed by atoms with Crippen LogP contribution in [0.2, 0.25) is 0 Å². The molecule has 1 amide bonds. The van der Waals surface area contributed by atoms with Crippen LogP contribution in [0.15, 0.2) is 24.3 Å². The molecule has 0 aromatic heterocycles. The van der Waals surface area contributed by atoms with Crippen LogP contribution in [0.25, 0.3) is 0 Å². The number of rotatable bonds is 3. The summed E-state index contributed by atoms with van der Waals surface area (Å²) in [4.78, 5) is 11.8. The van der Waals surface area contributed by atoms with Crippen LogP contribution in [-0.2, 0) is 11.2 Å². The van der Waals surface area contributed by atoms with E-state index >= 15 is 0 Å². The molecule has 0 saturated heterocycles. The maximum Gasteiger partial charge on any atom is 0.224 e. The summed E-state index contributed by atoms with van der Waals surface area (Å²) in [5.41, 5.74) is 0.611. The van der Waals surface area contributed by atoms with E-state index in [1.54, 1.807) is 24.3 Å². The van der Waals surface area contributed by atoms with Crippen LogP contribution in [0, 0.1) is 0 Å². The molecule has 4 nitrogen and oxygen atoms in total. The molecule has 1 saturated carbocycles. The van der Waals surface area contributed by atoms with Gasteiger partial charge < -0.3 is 15.5 Å². The van der Waals surface area contributed by atoms with E-state index in [-0.39, 0.29) is 24.1 Å². The Morgan fingerprint density at radius 1 is 1.28 bits per heavy atom. The molecule has 1 aromatic carbocycles. The maximum absolute atomic E-state index is 11.8. The summed E-state index contributed by atoms with van der Waals surface area (Å²) < 4.78 is 0. The van der Waals surface area contributed by atoms with E-state index in [0.29, 0.717) is 5.56 Å². The molecule has 98 valence electrons. The van der Waals surface area contributed by atoms with Gasteiger partial charge in [0.15, 0.2) is 0 Å². The quantitative estimate of drug-likeness (QED) is 0.757. The zero-order valence-electron chi connectivity index (χ0n) is 10.3. The molecule has 0 bridgehead atoms. The van der Waals surface area contributed by atoms with Crippen LogP contribution in [-0.4, -0.2) is 28.3 Å². The molecule has 1 aliphatic rings. The Balaban J connectivity index is 1.90. The van der Waals surface area contributed by atoms with Gasteiger partial charge in [-0.3, -0.25) is 4.79 Å². The van der Waals surface area contributed by atoms with Crippen molar-refractivity contribution in [3.05, 3.63) is 29.8 Å². The zero-order chi connectivity index (χ0) is 13.0. The van der Waals surface area contributed by atoms with E-state index in [9.17, 15) is 15.0 Å². The summed E-state index contributed by atoms with van der Waals surface area (Å²) in [6.45, 7) is 0. The Morgan fingerprint density at radius 2 is 2.00 bits per heavy atom. The number of hydrogen-bond acceptors (Lipinski definition) is 3. The van der Waals surface area contributed by atoms with E-state index in [4.69, 9.17) is 0 Å². The lowest BCUT2D eigenvalue weighted by Gasteiger charge is -2.28. The third kappa shape index (κ3) is 3.23. The molecule has 0 unspecified atom stereocenters. The van der Waals surface area contributed by atoms with Crippen molar-refractivity contribution >= 4 is 5.91 Å². The highest BCUT2D eigenvalue weighted by molar-refractivity contribution is 5.79. The van der Waals surface area contributed by atoms with Crippen LogP contribution in [0.5, 0.6) is 5.75 Å². The van der Waals surface area contributed by atoms with Crippen molar-refractivity contribution in [2.45, 2.75) is 44.2 Å². The van der Waals surface area contributed by atoms with Crippen molar-refractivity contribution in [1.82, 2.24) is 5.32 Å². The van der Waals surface area contributed by atoms with Gasteiger partial charge in [0.1, 0.15) is 5.75 Å². The van der Waals surface area contributed by atoms with Gasteiger partial charge in [0, 0.05) is 5.56 Å². The number of aliphatic hydroxyl groups is 1. The molecule has 4 heteroatoms. The number of aromatic hydroxyl groups is 1. The van der Waals surface area contributed by atoms with Gasteiger partial charge in [-0.2, -0.15) is 0 Å². The number of para-hydroxylation sites is 1. The number of carbonyl (C=O) groups excluding carboxylic acids is 1. The minimum Gasteiger partial charge on any atom is -0.508 e. The van der Waals surface area contributed by atoms with Gasteiger partial charge in [0.2, 0.25) is 5.91 Å². The van der Waals surface area contributed by atoms with Crippen LogP contribution < -0.4 is 5.32 Å². The summed E-state index contributed by atoms with van der Waals surface area (Å²) in [7, 11) is 0. The summed E-state index contributed by atoms with van der Waals surface area (Å²) in [6, 6.07) is 6.67. The Morgan fingerprint density at radius 3 is 2.72 bits per heavy atom. The number of aliphatic hydroxyl groups excluding tert-OH is 1. The van der Waals surface area contributed by atoms with E-state index in [1.807, 2.05) is 0 Å². The Bertz CT molecular complexity index is 419. The first-order valence-electron chi connectivity index (χ1n) is 6.41. The Kier molecular flexibility index (Phi) is 4.20. The summed E-state index contributed by atoms with van der Waals surface area (Å²) >= 11 is 0. The van der Waals surface area contributed by atoms with Crippen molar-refractivity contribution in [2.75, 3.05) is 0 Å². The molecule has 0 radical (unpaired) electrons. The van der Waals surface area contributed by atoms with Gasteiger partial charge >= 0.3 is 0 Å². The fourth-order valence-electron chi connectivity index (χ4n) is 2.37. The van der Waals surface area contributed by atoms with E-state index in [0.717, 1.165) is 25.7 Å². The average Bonchev–Trinajstić information content (AvgIpc) is 2.35. The smallest absolute Gasteiger partial charge is 0.224 e. The summed E-state index contributed by atoms with van der Waals surface area (Å²) in [6.07, 6.45) is 3.35. The van der Waals surface area contributed by atoms with Crippen molar-refractivity contribution in [3.63, 3.8) is 0 Å². The molecule has 18 heavy (non-hydrogen) atoms. The van der Waals surface area contributed by atoms with Crippen LogP contribution in [0.1, 0.15) is 31.2 Å². The van der Waals surface area contributed by atoms with Crippen molar-refractivity contribution in [1.29, 1.82) is 0 Å². The molecular formula is C14H19NO3. The van der Waals surface area contributed by atoms with Crippen LogP contribution in [0.3, 0.4) is 0 Å². The second-order valence-electron chi connectivity index (χ2n) is 4.83. The molecule has 2 rings (SSSR count). The molecule has 1 aromatic rings. The van der Waals surface area contributed by atoms with Crippen LogP contribution in [0.4, 0.5) is 0 Å². The first-order valence-corrected chi connectivity index (χ1v) is 6.41. The minimum absolute atomic E-state index is 0.136. The fraction of sp³-hybridized carbons (Fsp3) is 0.500. The number of nitrogens with one attached hydrogen (secondary N) is 1. The van der Waals surface area contributed by atoms with Gasteiger partial charge in [-0.25, -0.2) is 0 Å². The monoisotopic (exact) mass is 249 g/mol. The lowest BCUT2D eigenvalue weighted by atomic mass is 9.92. The summed E-state index contributed by atoms with van der Waals surface area (Å²) in [5, 5.41) is 22.2. The highest BCUT2D eigenvalue weighted by Crippen LogP contribution is 2.19. The van der Waals surface area contributed by atoms with Crippen molar-refractivity contribution in [3.8, 4) is 5.75 Å². The minimum atomic E-state index is -0.438. The molecule has 0 heterocycles. The topological polar surface area (TPSA) is 69.6 Å². The van der Waals surface area contributed by atoms with Crippen molar-refractivity contribution in [2.24, 2.45) is 0 Å². The normalized spacial score (nSPS) is 23.6. The first-order chi connectivity index (χ1) is 8.66. The van der Waals surface area contributed by atoms with Gasteiger partial charge in [0.05, 0.1) is 18.6 Å². The third-order valence-electron chi connectivity index (χ3n) is 3.42. The highest BCUT2D eigenvalue weighted by Gasteiger charge is 2.24. The SMILES string of the molecule is O=C(Cc1ccccc1O)N[C@@H]1CCCC[C@H]1O. The standard InChI is InChI=1S/C14H19NO3/c16-12-7-3-1-5-10(12)9-14(18)15-11-6-2-4-8-13(11)17/h1,3,5,7,11,13,16-17H,2,4,6,8-9H2,(H,15,18)/t11-,13-/m1/s1. The predicted octanol–water partition coefficient (Wildman–Crippen LogP) is 1.35. The maximum atomic E-state index is 11.8. The molecular weight excluding hydrogens is 230 g/mol. The first kappa shape index (κ1) is 12.9. The lowest BCUT2D eigenvalue weighted by Crippen LogP contribution is -2.45. The zero-order valence-corrected chi connectivity index (χ0v) is 10.3. The van der Waals surface area contributed by atoms with Crippen LogP contribution >= 0.6 is 0 Å². The highest BCUT2D eigenvalue weighted by atomic mass is 16.3. The molecule has 2 atom stereocenters. The van der Waals surface area contributed by atoms with E-state index in [1.165, 1.54) is 0 Å².